The molecule has 1 aromatic carbocycles. The van der Waals surface area contributed by atoms with Crippen molar-refractivity contribution in [3.8, 4) is 0 Å². The van der Waals surface area contributed by atoms with Gasteiger partial charge >= 0.3 is 0 Å². The Morgan fingerprint density at radius 2 is 1.95 bits per heavy atom. The zero-order chi connectivity index (χ0) is 27.7. The molecule has 0 spiro atoms. The van der Waals surface area contributed by atoms with Crippen LogP contribution in [0.25, 0.3) is 0 Å². The molecule has 4 fully saturated rings. The van der Waals surface area contributed by atoms with Crippen LogP contribution in [0.1, 0.15) is 59.3 Å². The number of thioether (sulfide) groups is 1. The minimum Gasteiger partial charge on any atom is -0.393 e. The summed E-state index contributed by atoms with van der Waals surface area (Å²) in [6.07, 6.45) is 8.57. The van der Waals surface area contributed by atoms with Crippen molar-refractivity contribution in [2.75, 3.05) is 5.75 Å². The van der Waals surface area contributed by atoms with Gasteiger partial charge in [-0.1, -0.05) is 62.0 Å². The third kappa shape index (κ3) is 4.23. The molecule has 0 aromatic heterocycles. The number of carbonyl (C=O) groups excluding carboxylic acids is 2. The highest BCUT2D eigenvalue weighted by atomic mass is 35.5. The zero-order valence-corrected chi connectivity index (χ0v) is 25.0. The van der Waals surface area contributed by atoms with Gasteiger partial charge in [0, 0.05) is 31.7 Å². The SMILES string of the molecule is CCCC1O[C@@H]2CC3C4CCC5=CC(=O)C=CC5(C)C4[C@@H](O)CC3(C)[C@@]2(C(=O)CSc2cc(Cl)cc(Cl)c2)O1. The predicted molar refractivity (Wildman–Crippen MR) is 153 cm³/mol. The lowest BCUT2D eigenvalue weighted by molar-refractivity contribution is -0.197. The van der Waals surface area contributed by atoms with Crippen molar-refractivity contribution in [2.24, 2.45) is 28.6 Å². The maximum Gasteiger partial charge on any atom is 0.178 e. The average Bonchev–Trinajstić information content (AvgIpc) is 3.34. The first-order valence-corrected chi connectivity index (χ1v) is 15.8. The fourth-order valence-electron chi connectivity index (χ4n) is 8.87. The highest BCUT2D eigenvalue weighted by Crippen LogP contribution is 2.69. The fraction of sp³-hybridized carbons (Fsp3) is 0.613. The topological polar surface area (TPSA) is 72.8 Å². The van der Waals surface area contributed by atoms with E-state index in [1.807, 2.05) is 18.2 Å². The molecule has 6 rings (SSSR count). The average molecular weight is 592 g/mol. The molecule has 5 aliphatic rings. The Hall–Kier alpha value is -1.15. The summed E-state index contributed by atoms with van der Waals surface area (Å²) in [5, 5.41) is 12.9. The van der Waals surface area contributed by atoms with E-state index in [2.05, 4.69) is 20.8 Å². The molecular weight excluding hydrogens is 555 g/mol. The van der Waals surface area contributed by atoms with Gasteiger partial charge in [-0.15, -0.1) is 11.8 Å². The Bertz CT molecular complexity index is 1240. The Morgan fingerprint density at radius 1 is 1.21 bits per heavy atom. The summed E-state index contributed by atoms with van der Waals surface area (Å²) < 4.78 is 13.3. The number of Topliss-reactive ketones (excluding diaryl/α,β-unsaturated/α-hetero) is 1. The van der Waals surface area contributed by atoms with Crippen molar-refractivity contribution >= 4 is 46.5 Å². The number of rotatable bonds is 6. The summed E-state index contributed by atoms with van der Waals surface area (Å²) in [7, 11) is 0. The van der Waals surface area contributed by atoms with Crippen molar-refractivity contribution in [1.29, 1.82) is 0 Å². The number of allylic oxidation sites excluding steroid dienone is 4. The molecule has 0 amide bonds. The number of ketones is 2. The number of aliphatic hydroxyl groups excluding tert-OH is 1. The van der Waals surface area contributed by atoms with E-state index >= 15 is 0 Å². The first kappa shape index (κ1) is 28.0. The summed E-state index contributed by atoms with van der Waals surface area (Å²) in [5.74, 6) is 0.590. The molecule has 9 atom stereocenters. The van der Waals surface area contributed by atoms with E-state index in [1.165, 1.54) is 11.8 Å². The molecule has 1 saturated heterocycles. The van der Waals surface area contributed by atoms with E-state index in [1.54, 1.807) is 18.2 Å². The second-order valence-corrected chi connectivity index (χ2v) is 14.4. The van der Waals surface area contributed by atoms with Crippen molar-refractivity contribution in [3.63, 3.8) is 0 Å². The van der Waals surface area contributed by atoms with Crippen LogP contribution in [-0.2, 0) is 19.1 Å². The van der Waals surface area contributed by atoms with Crippen LogP contribution < -0.4 is 0 Å². The largest absolute Gasteiger partial charge is 0.393 e. The van der Waals surface area contributed by atoms with E-state index < -0.39 is 23.4 Å². The normalized spacial score (nSPS) is 42.4. The molecule has 3 saturated carbocycles. The van der Waals surface area contributed by atoms with Crippen molar-refractivity contribution in [1.82, 2.24) is 0 Å². The fourth-order valence-corrected chi connectivity index (χ4v) is 10.5. The maximum absolute atomic E-state index is 14.4. The number of hydrogen-bond acceptors (Lipinski definition) is 6. The zero-order valence-electron chi connectivity index (χ0n) is 22.6. The van der Waals surface area contributed by atoms with Gasteiger partial charge in [0.25, 0.3) is 0 Å². The molecular formula is C31H36Cl2O5S. The summed E-state index contributed by atoms with van der Waals surface area (Å²) in [5.41, 5.74) is -0.930. The lowest BCUT2D eigenvalue weighted by atomic mass is 9.46. The van der Waals surface area contributed by atoms with Crippen LogP contribution in [0.3, 0.4) is 0 Å². The standard InChI is InChI=1S/C31H36Cl2O5S/c1-4-5-27-37-26-14-23-22-7-6-17-10-20(34)8-9-29(17,2)28(22)24(35)15-30(23,3)31(26,38-27)25(36)16-39-21-12-18(32)11-19(33)13-21/h8-13,22-24,26-28,35H,4-7,14-16H2,1-3H3/t22?,23?,24-,26+,27?,28?,29?,30?,31-/m0/s1. The van der Waals surface area contributed by atoms with Gasteiger partial charge in [0.15, 0.2) is 23.5 Å². The summed E-state index contributed by atoms with van der Waals surface area (Å²) in [6.45, 7) is 6.41. The maximum atomic E-state index is 14.4. The Morgan fingerprint density at radius 3 is 2.67 bits per heavy atom. The number of carbonyl (C=O) groups is 2. The first-order valence-electron chi connectivity index (χ1n) is 14.1. The van der Waals surface area contributed by atoms with Gasteiger partial charge in [0.1, 0.15) is 0 Å². The van der Waals surface area contributed by atoms with Crippen LogP contribution >= 0.6 is 35.0 Å². The monoisotopic (exact) mass is 590 g/mol. The minimum absolute atomic E-state index is 0.00798. The number of ether oxygens (including phenoxy) is 2. The Labute approximate surface area is 244 Å². The number of halogens is 2. The van der Waals surface area contributed by atoms with Crippen LogP contribution in [0.4, 0.5) is 0 Å². The van der Waals surface area contributed by atoms with Gasteiger partial charge in [0.05, 0.1) is 18.0 Å². The van der Waals surface area contributed by atoms with Gasteiger partial charge in [-0.2, -0.15) is 0 Å². The van der Waals surface area contributed by atoms with Crippen molar-refractivity contribution < 1.29 is 24.2 Å². The number of aliphatic hydroxyl groups is 1. The van der Waals surface area contributed by atoms with E-state index in [4.69, 9.17) is 32.7 Å². The van der Waals surface area contributed by atoms with E-state index in [0.29, 0.717) is 16.5 Å². The third-order valence-electron chi connectivity index (χ3n) is 10.4. The summed E-state index contributed by atoms with van der Waals surface area (Å²) in [4.78, 5) is 27.4. The van der Waals surface area contributed by atoms with Crippen LogP contribution in [0.2, 0.25) is 10.0 Å². The molecule has 1 aliphatic heterocycles. The van der Waals surface area contributed by atoms with Gasteiger partial charge in [-0.05, 0) is 74.3 Å². The molecule has 8 heteroatoms. The van der Waals surface area contributed by atoms with Crippen molar-refractivity contribution in [3.05, 3.63) is 52.0 Å². The van der Waals surface area contributed by atoms with Crippen LogP contribution in [0.15, 0.2) is 46.9 Å². The highest BCUT2D eigenvalue weighted by Gasteiger charge is 2.75. The van der Waals surface area contributed by atoms with E-state index in [9.17, 15) is 14.7 Å². The molecule has 1 N–H and O–H groups in total. The predicted octanol–water partition coefficient (Wildman–Crippen LogP) is 6.82. The second kappa shape index (κ2) is 9.99. The summed E-state index contributed by atoms with van der Waals surface area (Å²) >= 11 is 13.8. The van der Waals surface area contributed by atoms with Crippen LogP contribution in [0.5, 0.6) is 0 Å². The third-order valence-corrected chi connectivity index (χ3v) is 11.8. The molecule has 1 aromatic rings. The van der Waals surface area contributed by atoms with Gasteiger partial charge in [-0.3, -0.25) is 9.59 Å². The van der Waals surface area contributed by atoms with E-state index in [0.717, 1.165) is 42.6 Å². The highest BCUT2D eigenvalue weighted by molar-refractivity contribution is 8.00. The molecule has 1 heterocycles. The molecule has 4 aliphatic carbocycles. The summed E-state index contributed by atoms with van der Waals surface area (Å²) in [6, 6.07) is 5.31. The lowest BCUT2D eigenvalue weighted by Crippen LogP contribution is -2.63. The molecule has 0 radical (unpaired) electrons. The quantitative estimate of drug-likeness (QED) is 0.366. The first-order chi connectivity index (χ1) is 18.5. The lowest BCUT2D eigenvalue weighted by Gasteiger charge is -2.59. The number of benzene rings is 1. The van der Waals surface area contributed by atoms with Crippen LogP contribution in [0, 0.1) is 28.6 Å². The van der Waals surface area contributed by atoms with Gasteiger partial charge < -0.3 is 14.6 Å². The molecule has 5 nitrogen and oxygen atoms in total. The molecule has 0 bridgehead atoms. The van der Waals surface area contributed by atoms with Crippen LogP contribution in [-0.4, -0.2) is 46.5 Å². The molecule has 6 unspecified atom stereocenters. The number of fused-ring (bicyclic) bond motifs is 7. The number of hydrogen-bond donors (Lipinski definition) is 1. The van der Waals surface area contributed by atoms with Crippen molar-refractivity contribution in [2.45, 2.75) is 88.3 Å². The Kier molecular flexibility index (Phi) is 7.17. The minimum atomic E-state index is -1.12. The van der Waals surface area contributed by atoms with Gasteiger partial charge in [-0.25, -0.2) is 0 Å². The second-order valence-electron chi connectivity index (χ2n) is 12.5. The smallest absolute Gasteiger partial charge is 0.178 e. The van der Waals surface area contributed by atoms with Gasteiger partial charge in [0.2, 0.25) is 0 Å². The Balaban J connectivity index is 1.34. The van der Waals surface area contributed by atoms with E-state index in [-0.39, 0.29) is 46.6 Å². The molecule has 210 valence electrons. The molecule has 39 heavy (non-hydrogen) atoms.